The first kappa shape index (κ1) is 8.84. The van der Waals surface area contributed by atoms with Crippen molar-refractivity contribution in [3.8, 4) is 0 Å². The quantitative estimate of drug-likeness (QED) is 0.237. The fourth-order valence-electron chi connectivity index (χ4n) is 0.435. The van der Waals surface area contributed by atoms with Crippen molar-refractivity contribution in [3.05, 3.63) is 0 Å². The van der Waals surface area contributed by atoms with Gasteiger partial charge >= 0.3 is 0 Å². The molecule has 0 aliphatic rings. The predicted molar refractivity (Wildman–Crippen MR) is 30.9 cm³/mol. The molecule has 0 spiro atoms. The second-order valence-electron chi connectivity index (χ2n) is 1.58. The first-order valence-corrected chi connectivity index (χ1v) is 2.86. The summed E-state index contributed by atoms with van der Waals surface area (Å²) in [6.07, 6.45) is 1.54. The van der Waals surface area contributed by atoms with E-state index in [1.807, 2.05) is 0 Å². The molecule has 0 saturated heterocycles. The van der Waals surface area contributed by atoms with Gasteiger partial charge in [-0.1, -0.05) is 0 Å². The minimum atomic E-state index is -0.236. The largest absolute Gasteiger partial charge is 0.371 e. The molecule has 4 nitrogen and oxygen atoms in total. The smallest absolute Gasteiger partial charge is 0.143 e. The van der Waals surface area contributed by atoms with Crippen LogP contribution in [0.1, 0.15) is 12.8 Å². The highest BCUT2D eigenvalue weighted by atomic mass is 17.1. The molecule has 56 valence electrons. The monoisotopic (exact) mass is 136 g/mol. The van der Waals surface area contributed by atoms with Crippen LogP contribution in [-0.2, 0) is 9.62 Å². The maximum absolute atomic E-state index is 8.12. The van der Waals surface area contributed by atoms with Crippen LogP contribution in [0.25, 0.3) is 0 Å². The lowest BCUT2D eigenvalue weighted by Crippen LogP contribution is -1.97. The zero-order chi connectivity index (χ0) is 6.95. The standard InChI is InChI=1S/C5H12O4/c6-5-8-3-1-2-4-9-7/h6-7H,1-5H2. The third-order valence-corrected chi connectivity index (χ3v) is 0.866. The summed E-state index contributed by atoms with van der Waals surface area (Å²) < 4.78 is 4.60. The first-order valence-electron chi connectivity index (χ1n) is 2.86. The molecule has 0 radical (unpaired) electrons. The van der Waals surface area contributed by atoms with Crippen molar-refractivity contribution >= 4 is 0 Å². The normalized spacial score (nSPS) is 10.0. The fourth-order valence-corrected chi connectivity index (χ4v) is 0.435. The van der Waals surface area contributed by atoms with Crippen LogP contribution >= 0.6 is 0 Å². The SMILES string of the molecule is OCOCCCCOO. The molecule has 0 amide bonds. The summed E-state index contributed by atoms with van der Waals surface area (Å²) in [6, 6.07) is 0. The molecule has 0 bridgehead atoms. The van der Waals surface area contributed by atoms with E-state index in [-0.39, 0.29) is 6.79 Å². The van der Waals surface area contributed by atoms with Crippen LogP contribution in [0, 0.1) is 0 Å². The summed E-state index contributed by atoms with van der Waals surface area (Å²) in [5.74, 6) is 0. The third kappa shape index (κ3) is 7.84. The molecular weight excluding hydrogens is 124 g/mol. The van der Waals surface area contributed by atoms with Gasteiger partial charge in [-0.3, -0.25) is 5.26 Å². The average molecular weight is 136 g/mol. The fraction of sp³-hybridized carbons (Fsp3) is 1.00. The van der Waals surface area contributed by atoms with E-state index < -0.39 is 0 Å². The molecule has 4 heteroatoms. The van der Waals surface area contributed by atoms with E-state index in [0.717, 1.165) is 12.8 Å². The van der Waals surface area contributed by atoms with Gasteiger partial charge in [0.05, 0.1) is 6.61 Å². The van der Waals surface area contributed by atoms with Crippen LogP contribution in [0.3, 0.4) is 0 Å². The molecule has 2 N–H and O–H groups in total. The summed E-state index contributed by atoms with van der Waals surface area (Å²) in [7, 11) is 0. The third-order valence-electron chi connectivity index (χ3n) is 0.866. The summed E-state index contributed by atoms with van der Waals surface area (Å²) in [5.41, 5.74) is 0. The zero-order valence-electron chi connectivity index (χ0n) is 5.25. The Labute approximate surface area is 53.9 Å². The van der Waals surface area contributed by atoms with E-state index in [1.54, 1.807) is 0 Å². The lowest BCUT2D eigenvalue weighted by atomic mass is 10.3. The van der Waals surface area contributed by atoms with Crippen LogP contribution in [-0.4, -0.2) is 30.4 Å². The Kier molecular flexibility index (Phi) is 7.70. The van der Waals surface area contributed by atoms with Crippen molar-refractivity contribution in [3.63, 3.8) is 0 Å². The minimum Gasteiger partial charge on any atom is -0.371 e. The van der Waals surface area contributed by atoms with E-state index >= 15 is 0 Å². The first-order chi connectivity index (χ1) is 4.41. The van der Waals surface area contributed by atoms with E-state index in [9.17, 15) is 0 Å². The van der Waals surface area contributed by atoms with Gasteiger partial charge in [0.15, 0.2) is 0 Å². The summed E-state index contributed by atoms with van der Waals surface area (Å²) in [5, 5.41) is 16.0. The van der Waals surface area contributed by atoms with Crippen LogP contribution in [0.2, 0.25) is 0 Å². The zero-order valence-corrected chi connectivity index (χ0v) is 5.25. The molecular formula is C5H12O4. The minimum absolute atomic E-state index is 0.236. The Hall–Kier alpha value is -0.160. The molecule has 0 aliphatic heterocycles. The Morgan fingerprint density at radius 3 is 2.33 bits per heavy atom. The summed E-state index contributed by atoms with van der Waals surface area (Å²) in [4.78, 5) is 3.80. The Morgan fingerprint density at radius 2 is 1.78 bits per heavy atom. The molecule has 0 rings (SSSR count). The van der Waals surface area contributed by atoms with Gasteiger partial charge in [0.2, 0.25) is 0 Å². The Morgan fingerprint density at radius 1 is 1.11 bits per heavy atom. The van der Waals surface area contributed by atoms with E-state index in [4.69, 9.17) is 10.4 Å². The maximum atomic E-state index is 8.12. The van der Waals surface area contributed by atoms with Crippen molar-refractivity contribution in [2.75, 3.05) is 20.0 Å². The number of hydrogen-bond donors (Lipinski definition) is 2. The molecule has 0 aromatic carbocycles. The highest BCUT2D eigenvalue weighted by molar-refractivity contribution is 4.34. The number of ether oxygens (including phenoxy) is 1. The highest BCUT2D eigenvalue weighted by Gasteiger charge is 1.86. The van der Waals surface area contributed by atoms with E-state index in [2.05, 4.69) is 9.62 Å². The molecule has 0 heterocycles. The summed E-state index contributed by atoms with van der Waals surface area (Å²) >= 11 is 0. The van der Waals surface area contributed by atoms with Gasteiger partial charge in [-0.05, 0) is 12.8 Å². The van der Waals surface area contributed by atoms with Crippen LogP contribution in [0.4, 0.5) is 0 Å². The topological polar surface area (TPSA) is 58.9 Å². The van der Waals surface area contributed by atoms with Crippen molar-refractivity contribution in [1.82, 2.24) is 0 Å². The van der Waals surface area contributed by atoms with Crippen LogP contribution in [0.5, 0.6) is 0 Å². The molecule has 0 atom stereocenters. The number of aliphatic hydroxyl groups is 1. The second kappa shape index (κ2) is 7.84. The maximum Gasteiger partial charge on any atom is 0.143 e. The molecule has 0 fully saturated rings. The van der Waals surface area contributed by atoms with Gasteiger partial charge in [0.1, 0.15) is 6.79 Å². The van der Waals surface area contributed by atoms with Crippen molar-refractivity contribution in [1.29, 1.82) is 0 Å². The number of rotatable bonds is 6. The van der Waals surface area contributed by atoms with Gasteiger partial charge in [-0.2, -0.15) is 0 Å². The molecule has 0 aromatic rings. The average Bonchev–Trinajstić information content (AvgIpc) is 1.89. The summed E-state index contributed by atoms with van der Waals surface area (Å²) in [6.45, 7) is 0.606. The number of aliphatic hydroxyl groups excluding tert-OH is 1. The van der Waals surface area contributed by atoms with Crippen LogP contribution in [0.15, 0.2) is 0 Å². The molecule has 0 saturated carbocycles. The van der Waals surface area contributed by atoms with E-state index in [1.165, 1.54) is 0 Å². The lowest BCUT2D eigenvalue weighted by Gasteiger charge is -1.97. The molecule has 9 heavy (non-hydrogen) atoms. The van der Waals surface area contributed by atoms with Crippen LogP contribution < -0.4 is 0 Å². The van der Waals surface area contributed by atoms with Gasteiger partial charge in [-0.15, -0.1) is 0 Å². The van der Waals surface area contributed by atoms with Crippen molar-refractivity contribution in [2.24, 2.45) is 0 Å². The molecule has 0 aliphatic carbocycles. The van der Waals surface area contributed by atoms with Crippen molar-refractivity contribution < 1.29 is 20.0 Å². The predicted octanol–water partition coefficient (Wildman–Crippen LogP) is 0.223. The molecule has 0 aromatic heterocycles. The number of hydrogen-bond acceptors (Lipinski definition) is 4. The highest BCUT2D eigenvalue weighted by Crippen LogP contribution is 1.88. The van der Waals surface area contributed by atoms with Gasteiger partial charge in [0.25, 0.3) is 0 Å². The van der Waals surface area contributed by atoms with Crippen molar-refractivity contribution in [2.45, 2.75) is 12.8 Å². The lowest BCUT2D eigenvalue weighted by molar-refractivity contribution is -0.243. The van der Waals surface area contributed by atoms with Gasteiger partial charge in [-0.25, -0.2) is 4.89 Å². The Balaban J connectivity index is 2.60. The Bertz CT molecular complexity index is 42.2. The van der Waals surface area contributed by atoms with Gasteiger partial charge < -0.3 is 9.84 Å². The second-order valence-corrected chi connectivity index (χ2v) is 1.58. The van der Waals surface area contributed by atoms with Gasteiger partial charge in [0, 0.05) is 6.61 Å². The number of unbranched alkanes of at least 4 members (excludes halogenated alkanes) is 1. The van der Waals surface area contributed by atoms with E-state index in [0.29, 0.717) is 13.2 Å². The molecule has 0 unspecified atom stereocenters.